The fourth-order valence-corrected chi connectivity index (χ4v) is 5.63. The molecule has 0 atom stereocenters. The summed E-state index contributed by atoms with van der Waals surface area (Å²) in [6, 6.07) is 29.9. The van der Waals surface area contributed by atoms with Gasteiger partial charge in [-0.1, -0.05) is 59.7 Å². The predicted octanol–water partition coefficient (Wildman–Crippen LogP) is 8.85. The van der Waals surface area contributed by atoms with E-state index in [9.17, 15) is 9.59 Å². The van der Waals surface area contributed by atoms with Crippen LogP contribution in [0.1, 0.15) is 31.8 Å². The number of nitrogens with zero attached hydrogens (tertiary/aromatic N) is 2. The highest BCUT2D eigenvalue weighted by Gasteiger charge is 2.13. The van der Waals surface area contributed by atoms with E-state index in [1.165, 1.54) is 33.8 Å². The van der Waals surface area contributed by atoms with Crippen molar-refractivity contribution >= 4 is 44.8 Å². The van der Waals surface area contributed by atoms with Gasteiger partial charge in [-0.05, 0) is 62.4 Å². The highest BCUT2D eigenvalue weighted by Crippen LogP contribution is 2.28. The lowest BCUT2D eigenvalue weighted by Gasteiger charge is -2.08. The van der Waals surface area contributed by atoms with Gasteiger partial charge in [0.15, 0.2) is 10.3 Å². The van der Waals surface area contributed by atoms with Crippen molar-refractivity contribution in [3.8, 4) is 34.0 Å². The summed E-state index contributed by atoms with van der Waals surface area (Å²) in [6.45, 7) is 4.08. The number of carbonyl (C=O) groups is 2. The van der Waals surface area contributed by atoms with Crippen LogP contribution in [0, 0.1) is 13.8 Å². The molecule has 0 aliphatic carbocycles. The van der Waals surface area contributed by atoms with Gasteiger partial charge in [0, 0.05) is 33.0 Å². The average Bonchev–Trinajstić information content (AvgIpc) is 3.69. The van der Waals surface area contributed by atoms with Crippen molar-refractivity contribution in [2.45, 2.75) is 13.8 Å². The Morgan fingerprint density at radius 3 is 1.30 bits per heavy atom. The highest BCUT2D eigenvalue weighted by atomic mass is 32.1. The molecule has 0 unspecified atom stereocenters. The molecule has 6 rings (SSSR count). The van der Waals surface area contributed by atoms with Crippen molar-refractivity contribution in [3.63, 3.8) is 0 Å². The number of hydrogen-bond acceptors (Lipinski definition) is 7. The number of thiazole rings is 2. The molecule has 0 aliphatic heterocycles. The summed E-state index contributed by atoms with van der Waals surface area (Å²) in [5.41, 5.74) is 6.98. The van der Waals surface area contributed by atoms with E-state index in [1.54, 1.807) is 48.5 Å². The second-order valence-electron chi connectivity index (χ2n) is 9.87. The zero-order valence-corrected chi connectivity index (χ0v) is 25.0. The van der Waals surface area contributed by atoms with Crippen molar-refractivity contribution in [1.82, 2.24) is 9.97 Å². The van der Waals surface area contributed by atoms with Gasteiger partial charge >= 0.3 is 0 Å². The number of benzene rings is 4. The van der Waals surface area contributed by atoms with Gasteiger partial charge in [-0.3, -0.25) is 20.2 Å². The van der Waals surface area contributed by atoms with E-state index in [4.69, 9.17) is 4.74 Å². The van der Waals surface area contributed by atoms with Crippen molar-refractivity contribution in [3.05, 3.63) is 130 Å². The third-order valence-corrected chi connectivity index (χ3v) is 8.13. The number of aryl methyl sites for hydroxylation is 2. The molecule has 0 saturated heterocycles. The van der Waals surface area contributed by atoms with Crippen molar-refractivity contribution < 1.29 is 14.3 Å². The average molecular weight is 603 g/mol. The number of ether oxygens (including phenoxy) is 1. The summed E-state index contributed by atoms with van der Waals surface area (Å²) in [5, 5.41) is 10.6. The summed E-state index contributed by atoms with van der Waals surface area (Å²) in [4.78, 5) is 34.6. The molecule has 0 fully saturated rings. The molecule has 0 saturated carbocycles. The van der Waals surface area contributed by atoms with E-state index in [1.807, 2.05) is 73.1 Å². The third-order valence-electron chi connectivity index (χ3n) is 6.61. The maximum Gasteiger partial charge on any atom is 0.257 e. The molecule has 2 aromatic heterocycles. The Morgan fingerprint density at radius 1 is 0.558 bits per heavy atom. The Morgan fingerprint density at radius 2 is 0.930 bits per heavy atom. The summed E-state index contributed by atoms with van der Waals surface area (Å²) in [7, 11) is 0. The van der Waals surface area contributed by atoms with Gasteiger partial charge in [-0.25, -0.2) is 9.97 Å². The molecular weight excluding hydrogens is 577 g/mol. The minimum atomic E-state index is -0.252. The molecule has 2 heterocycles. The minimum absolute atomic E-state index is 0.252. The second-order valence-corrected chi connectivity index (χ2v) is 11.6. The van der Waals surface area contributed by atoms with Crippen molar-refractivity contribution in [2.75, 3.05) is 10.6 Å². The van der Waals surface area contributed by atoms with Crippen molar-refractivity contribution in [2.24, 2.45) is 0 Å². The fraction of sp³-hybridized carbons (Fsp3) is 0.0588. The predicted molar refractivity (Wildman–Crippen MR) is 173 cm³/mol. The van der Waals surface area contributed by atoms with Crippen LogP contribution in [0.25, 0.3) is 22.5 Å². The van der Waals surface area contributed by atoms with Crippen LogP contribution < -0.4 is 15.4 Å². The van der Waals surface area contributed by atoms with Gasteiger partial charge in [0.1, 0.15) is 11.5 Å². The van der Waals surface area contributed by atoms with Crippen LogP contribution in [0.2, 0.25) is 0 Å². The van der Waals surface area contributed by atoms with E-state index in [2.05, 4.69) is 20.6 Å². The maximum absolute atomic E-state index is 12.8. The summed E-state index contributed by atoms with van der Waals surface area (Å²) in [5.74, 6) is 0.628. The van der Waals surface area contributed by atoms with E-state index in [0.717, 1.165) is 22.5 Å². The Bertz CT molecular complexity index is 1740. The lowest BCUT2D eigenvalue weighted by atomic mass is 10.1. The Hall–Kier alpha value is -5.12. The van der Waals surface area contributed by atoms with Crippen LogP contribution in [-0.2, 0) is 0 Å². The van der Waals surface area contributed by atoms with Gasteiger partial charge in [0.2, 0.25) is 0 Å². The molecule has 0 bridgehead atoms. The molecule has 0 spiro atoms. The number of carbonyl (C=O) groups excluding carboxylic acids is 2. The van der Waals surface area contributed by atoms with Crippen LogP contribution in [0.5, 0.6) is 11.5 Å². The molecule has 43 heavy (non-hydrogen) atoms. The van der Waals surface area contributed by atoms with Crippen molar-refractivity contribution in [1.29, 1.82) is 0 Å². The largest absolute Gasteiger partial charge is 0.457 e. The molecule has 2 amide bonds. The Balaban J connectivity index is 1.03. The SMILES string of the molecule is Cc1ccc(-c2csc(NC(=O)c3ccc(Oc4ccc(C(=O)Nc5nc(-c6ccc(C)cc6)cs5)cc4)cc3)n2)cc1. The smallest absolute Gasteiger partial charge is 0.257 e. The van der Waals surface area contributed by atoms with Crippen LogP contribution in [0.3, 0.4) is 0 Å². The fourth-order valence-electron chi connectivity index (χ4n) is 4.20. The normalized spacial score (nSPS) is 10.7. The van der Waals surface area contributed by atoms with Gasteiger partial charge in [0.05, 0.1) is 11.4 Å². The summed E-state index contributed by atoms with van der Waals surface area (Å²) in [6.07, 6.45) is 0. The molecule has 0 radical (unpaired) electrons. The first-order valence-electron chi connectivity index (χ1n) is 13.5. The van der Waals surface area contributed by atoms with E-state index in [-0.39, 0.29) is 11.8 Å². The molecule has 2 N–H and O–H groups in total. The molecule has 9 heteroatoms. The molecule has 7 nitrogen and oxygen atoms in total. The van der Waals surface area contributed by atoms with Crippen LogP contribution in [0.4, 0.5) is 10.3 Å². The van der Waals surface area contributed by atoms with Gasteiger partial charge in [0.25, 0.3) is 11.8 Å². The van der Waals surface area contributed by atoms with E-state index < -0.39 is 0 Å². The highest BCUT2D eigenvalue weighted by molar-refractivity contribution is 7.14. The zero-order valence-electron chi connectivity index (χ0n) is 23.3. The van der Waals surface area contributed by atoms with Gasteiger partial charge in [-0.15, -0.1) is 22.7 Å². The van der Waals surface area contributed by atoms with Crippen LogP contribution in [0.15, 0.2) is 108 Å². The first-order chi connectivity index (χ1) is 20.9. The Labute approximate surface area is 256 Å². The molecule has 0 aliphatic rings. The molecular formula is C34H26N4O3S2. The van der Waals surface area contributed by atoms with Crippen LogP contribution in [-0.4, -0.2) is 21.8 Å². The van der Waals surface area contributed by atoms with E-state index in [0.29, 0.717) is 32.9 Å². The number of nitrogens with one attached hydrogen (secondary N) is 2. The first-order valence-corrected chi connectivity index (χ1v) is 15.2. The lowest BCUT2D eigenvalue weighted by molar-refractivity contribution is 0.101. The molecule has 6 aromatic rings. The van der Waals surface area contributed by atoms with Gasteiger partial charge < -0.3 is 4.74 Å². The quantitative estimate of drug-likeness (QED) is 0.182. The second kappa shape index (κ2) is 12.4. The van der Waals surface area contributed by atoms with Crippen LogP contribution >= 0.6 is 22.7 Å². The number of amides is 2. The van der Waals surface area contributed by atoms with Gasteiger partial charge in [-0.2, -0.15) is 0 Å². The minimum Gasteiger partial charge on any atom is -0.457 e. The Kier molecular flexibility index (Phi) is 8.08. The summed E-state index contributed by atoms with van der Waals surface area (Å²) < 4.78 is 5.92. The monoisotopic (exact) mass is 602 g/mol. The topological polar surface area (TPSA) is 93.2 Å². The first kappa shape index (κ1) is 28.0. The number of anilines is 2. The third kappa shape index (κ3) is 6.86. The zero-order chi connectivity index (χ0) is 29.8. The number of aromatic nitrogens is 2. The number of hydrogen-bond donors (Lipinski definition) is 2. The van der Waals surface area contributed by atoms with E-state index >= 15 is 0 Å². The molecule has 212 valence electrons. The molecule has 4 aromatic carbocycles. The standard InChI is InChI=1S/C34H26N4O3S2/c1-21-3-7-23(8-4-21)29-19-42-33(35-29)37-31(39)25-11-15-27(16-12-25)41-28-17-13-26(14-18-28)32(40)38-34-36-30(20-43-34)24-9-5-22(2)6-10-24/h3-20H,1-2H3,(H,35,37,39)(H,36,38,40). The number of rotatable bonds is 8. The summed E-state index contributed by atoms with van der Waals surface area (Å²) >= 11 is 2.76. The maximum atomic E-state index is 12.8. The lowest BCUT2D eigenvalue weighted by Crippen LogP contribution is -2.11.